The van der Waals surface area contributed by atoms with Crippen molar-refractivity contribution in [1.29, 1.82) is 0 Å². The minimum Gasteiger partial charge on any atom is -0.383 e. The zero-order valence-electron chi connectivity index (χ0n) is 11.2. The molecule has 0 aliphatic carbocycles. The predicted octanol–water partition coefficient (Wildman–Crippen LogP) is 3.31. The highest BCUT2D eigenvalue weighted by atomic mass is 32.1. The van der Waals surface area contributed by atoms with Gasteiger partial charge in [-0.3, -0.25) is 14.8 Å². The molecule has 6 nitrogen and oxygen atoms in total. The van der Waals surface area contributed by atoms with Crippen LogP contribution < -0.4 is 5.73 Å². The van der Waals surface area contributed by atoms with Gasteiger partial charge in [-0.25, -0.2) is 0 Å². The molecule has 3 aromatic rings. The van der Waals surface area contributed by atoms with E-state index in [2.05, 4.69) is 5.10 Å². The lowest BCUT2D eigenvalue weighted by Gasteiger charge is -2.01. The Kier molecular flexibility index (Phi) is 3.19. The number of hydrogen-bond acceptors (Lipinski definition) is 5. The molecule has 0 spiro atoms. The minimum absolute atomic E-state index is 0.0360. The SMILES string of the molecule is Cn1nc(-c2cccc([N+](=O)[O-])c2)c(-c2cccs2)c1N. The first-order chi connectivity index (χ1) is 10.1. The fourth-order valence-corrected chi connectivity index (χ4v) is 2.95. The smallest absolute Gasteiger partial charge is 0.270 e. The molecule has 0 aliphatic rings. The van der Waals surface area contributed by atoms with Crippen LogP contribution in [0.5, 0.6) is 0 Å². The van der Waals surface area contributed by atoms with Gasteiger partial charge in [-0.1, -0.05) is 18.2 Å². The number of nitrogens with zero attached hydrogens (tertiary/aromatic N) is 3. The zero-order chi connectivity index (χ0) is 15.0. The summed E-state index contributed by atoms with van der Waals surface area (Å²) in [6, 6.07) is 10.3. The number of rotatable bonds is 3. The maximum atomic E-state index is 10.9. The number of thiophene rings is 1. The number of hydrogen-bond donors (Lipinski definition) is 1. The first-order valence-electron chi connectivity index (χ1n) is 6.19. The van der Waals surface area contributed by atoms with Crippen molar-refractivity contribution in [2.45, 2.75) is 0 Å². The number of aromatic nitrogens is 2. The molecule has 0 atom stereocenters. The molecule has 0 aliphatic heterocycles. The molecule has 0 radical (unpaired) electrons. The lowest BCUT2D eigenvalue weighted by atomic mass is 10.1. The molecule has 2 aromatic heterocycles. The van der Waals surface area contributed by atoms with E-state index < -0.39 is 4.92 Å². The number of nitrogens with two attached hydrogens (primary N) is 1. The van der Waals surface area contributed by atoms with Crippen LogP contribution in [0.4, 0.5) is 11.5 Å². The Morgan fingerprint density at radius 3 is 2.81 bits per heavy atom. The summed E-state index contributed by atoms with van der Waals surface area (Å²) < 4.78 is 1.59. The third-order valence-electron chi connectivity index (χ3n) is 3.19. The number of anilines is 1. The zero-order valence-corrected chi connectivity index (χ0v) is 12.0. The summed E-state index contributed by atoms with van der Waals surface area (Å²) in [5.41, 5.74) is 8.29. The average molecular weight is 300 g/mol. The van der Waals surface area contributed by atoms with Crippen molar-refractivity contribution in [3.63, 3.8) is 0 Å². The van der Waals surface area contributed by atoms with Crippen molar-refractivity contribution < 1.29 is 4.92 Å². The maximum Gasteiger partial charge on any atom is 0.270 e. The molecule has 106 valence electrons. The van der Waals surface area contributed by atoms with E-state index in [4.69, 9.17) is 5.73 Å². The number of nitro groups is 1. The van der Waals surface area contributed by atoms with Crippen LogP contribution in [-0.2, 0) is 7.05 Å². The molecule has 7 heteroatoms. The Hall–Kier alpha value is -2.67. The number of benzene rings is 1. The Morgan fingerprint density at radius 2 is 2.14 bits per heavy atom. The lowest BCUT2D eigenvalue weighted by molar-refractivity contribution is -0.384. The first-order valence-corrected chi connectivity index (χ1v) is 7.07. The Morgan fingerprint density at radius 1 is 1.33 bits per heavy atom. The third kappa shape index (κ3) is 2.27. The first kappa shape index (κ1) is 13.3. The Bertz CT molecular complexity index is 809. The van der Waals surface area contributed by atoms with Crippen LogP contribution in [0, 0.1) is 10.1 Å². The van der Waals surface area contributed by atoms with E-state index in [0.29, 0.717) is 17.1 Å². The molecule has 0 bridgehead atoms. The van der Waals surface area contributed by atoms with Crippen LogP contribution >= 0.6 is 11.3 Å². The maximum absolute atomic E-state index is 10.9. The highest BCUT2D eigenvalue weighted by Crippen LogP contribution is 2.38. The van der Waals surface area contributed by atoms with Crippen LogP contribution in [-0.4, -0.2) is 14.7 Å². The summed E-state index contributed by atoms with van der Waals surface area (Å²) in [4.78, 5) is 11.5. The van der Waals surface area contributed by atoms with Gasteiger partial charge in [0.2, 0.25) is 0 Å². The monoisotopic (exact) mass is 300 g/mol. The Balaban J connectivity index is 2.22. The molecular weight excluding hydrogens is 288 g/mol. The lowest BCUT2D eigenvalue weighted by Crippen LogP contribution is -1.97. The summed E-state index contributed by atoms with van der Waals surface area (Å²) >= 11 is 1.56. The second-order valence-corrected chi connectivity index (χ2v) is 5.46. The molecule has 0 saturated heterocycles. The molecular formula is C14H12N4O2S. The fraction of sp³-hybridized carbons (Fsp3) is 0.0714. The van der Waals surface area contributed by atoms with Crippen molar-refractivity contribution in [2.24, 2.45) is 7.05 Å². The molecule has 2 N–H and O–H groups in total. The fourth-order valence-electron chi connectivity index (χ4n) is 2.17. The molecule has 21 heavy (non-hydrogen) atoms. The highest BCUT2D eigenvalue weighted by molar-refractivity contribution is 7.13. The molecule has 1 aromatic carbocycles. The largest absolute Gasteiger partial charge is 0.383 e. The van der Waals surface area contributed by atoms with Gasteiger partial charge >= 0.3 is 0 Å². The van der Waals surface area contributed by atoms with Gasteiger partial charge in [0.05, 0.1) is 10.5 Å². The number of aryl methyl sites for hydroxylation is 1. The molecule has 2 heterocycles. The molecule has 3 rings (SSSR count). The van der Waals surface area contributed by atoms with E-state index in [1.807, 2.05) is 17.5 Å². The average Bonchev–Trinajstić information content (AvgIpc) is 3.08. The van der Waals surface area contributed by atoms with Gasteiger partial charge in [0.15, 0.2) is 0 Å². The standard InChI is InChI=1S/C14H12N4O2S/c1-17-14(15)12(11-6-3-7-21-11)13(16-17)9-4-2-5-10(8-9)18(19)20/h2-8H,15H2,1H3. The van der Waals surface area contributed by atoms with Crippen LogP contribution in [0.25, 0.3) is 21.7 Å². The molecule has 0 unspecified atom stereocenters. The van der Waals surface area contributed by atoms with Gasteiger partial charge in [-0.2, -0.15) is 5.10 Å². The summed E-state index contributed by atoms with van der Waals surface area (Å²) in [6.07, 6.45) is 0. The quantitative estimate of drug-likeness (QED) is 0.594. The summed E-state index contributed by atoms with van der Waals surface area (Å²) in [7, 11) is 1.76. The summed E-state index contributed by atoms with van der Waals surface area (Å²) in [5, 5.41) is 17.3. The van der Waals surface area contributed by atoms with Crippen molar-refractivity contribution in [2.75, 3.05) is 5.73 Å². The van der Waals surface area contributed by atoms with Crippen molar-refractivity contribution in [3.8, 4) is 21.7 Å². The van der Waals surface area contributed by atoms with Gasteiger partial charge in [0, 0.05) is 29.6 Å². The number of non-ortho nitro benzene ring substituents is 1. The van der Waals surface area contributed by atoms with Crippen LogP contribution in [0.1, 0.15) is 0 Å². The van der Waals surface area contributed by atoms with E-state index in [1.165, 1.54) is 12.1 Å². The van der Waals surface area contributed by atoms with Gasteiger partial charge < -0.3 is 5.73 Å². The van der Waals surface area contributed by atoms with Gasteiger partial charge in [-0.15, -0.1) is 11.3 Å². The highest BCUT2D eigenvalue weighted by Gasteiger charge is 2.19. The van der Waals surface area contributed by atoms with E-state index in [-0.39, 0.29) is 5.69 Å². The molecule has 0 amide bonds. The predicted molar refractivity (Wildman–Crippen MR) is 83.0 cm³/mol. The molecule has 0 saturated carbocycles. The Labute approximate surface area is 124 Å². The van der Waals surface area contributed by atoms with E-state index in [0.717, 1.165) is 10.4 Å². The van der Waals surface area contributed by atoms with E-state index in [1.54, 1.807) is 35.2 Å². The van der Waals surface area contributed by atoms with Crippen LogP contribution in [0.2, 0.25) is 0 Å². The second-order valence-electron chi connectivity index (χ2n) is 4.52. The van der Waals surface area contributed by atoms with E-state index >= 15 is 0 Å². The normalized spacial score (nSPS) is 10.7. The van der Waals surface area contributed by atoms with Gasteiger partial charge in [-0.05, 0) is 11.4 Å². The van der Waals surface area contributed by atoms with Crippen LogP contribution in [0.3, 0.4) is 0 Å². The second kappa shape index (κ2) is 5.02. The van der Waals surface area contributed by atoms with Gasteiger partial charge in [0.1, 0.15) is 11.5 Å². The van der Waals surface area contributed by atoms with E-state index in [9.17, 15) is 10.1 Å². The summed E-state index contributed by atoms with van der Waals surface area (Å²) in [6.45, 7) is 0. The topological polar surface area (TPSA) is 87.0 Å². The summed E-state index contributed by atoms with van der Waals surface area (Å²) in [5.74, 6) is 0.541. The minimum atomic E-state index is -0.416. The van der Waals surface area contributed by atoms with Crippen molar-refractivity contribution in [3.05, 3.63) is 51.9 Å². The molecule has 0 fully saturated rings. The van der Waals surface area contributed by atoms with Crippen molar-refractivity contribution >= 4 is 22.8 Å². The number of nitro benzene ring substituents is 1. The van der Waals surface area contributed by atoms with Crippen molar-refractivity contribution in [1.82, 2.24) is 9.78 Å². The van der Waals surface area contributed by atoms with Crippen LogP contribution in [0.15, 0.2) is 41.8 Å². The number of nitrogen functional groups attached to an aromatic ring is 1. The third-order valence-corrected chi connectivity index (χ3v) is 4.08. The van der Waals surface area contributed by atoms with Gasteiger partial charge in [0.25, 0.3) is 5.69 Å².